The molecule has 4 aliphatic heterocycles. The molecule has 4 rings (SSSR count). The summed E-state index contributed by atoms with van der Waals surface area (Å²) in [6.45, 7) is 8.86. The first-order valence-corrected chi connectivity index (χ1v) is 9.03. The molecule has 3 heteroatoms. The highest BCUT2D eigenvalue weighted by Crippen LogP contribution is 2.53. The lowest BCUT2D eigenvalue weighted by Crippen LogP contribution is -2.73. The van der Waals surface area contributed by atoms with Crippen molar-refractivity contribution in [2.24, 2.45) is 11.8 Å². The van der Waals surface area contributed by atoms with Crippen LogP contribution in [0.3, 0.4) is 0 Å². The van der Waals surface area contributed by atoms with Gasteiger partial charge in [-0.1, -0.05) is 18.6 Å². The summed E-state index contributed by atoms with van der Waals surface area (Å²) in [5.74, 6) is 1.48. The van der Waals surface area contributed by atoms with Gasteiger partial charge in [0.05, 0.1) is 4.99 Å². The number of nitrogens with zero attached hydrogens (tertiary/aromatic N) is 2. The van der Waals surface area contributed by atoms with Gasteiger partial charge in [0.25, 0.3) is 0 Å². The van der Waals surface area contributed by atoms with E-state index in [1.807, 2.05) is 0 Å². The molecule has 0 spiro atoms. The molecule has 20 heavy (non-hydrogen) atoms. The zero-order valence-electron chi connectivity index (χ0n) is 13.0. The first-order chi connectivity index (χ1) is 9.56. The molecular weight excluding hydrogens is 264 g/mol. The number of thiocarbonyl (C=S) groups is 1. The lowest BCUT2D eigenvalue weighted by atomic mass is 9.60. The van der Waals surface area contributed by atoms with Crippen LogP contribution < -0.4 is 0 Å². The Kier molecular flexibility index (Phi) is 2.99. The number of hydrogen-bond donors (Lipinski definition) is 0. The SMILES string of the molecule is C[C@@]12CCCCN1C(=S)[C@@H]1C[C@H]2CN2CCCC[C@]12C. The molecular formula is C17H28N2S. The molecule has 0 aliphatic carbocycles. The van der Waals surface area contributed by atoms with E-state index in [9.17, 15) is 0 Å². The molecule has 112 valence electrons. The summed E-state index contributed by atoms with van der Waals surface area (Å²) in [6.07, 6.45) is 9.60. The summed E-state index contributed by atoms with van der Waals surface area (Å²) in [4.78, 5) is 6.80. The minimum absolute atomic E-state index is 0.366. The molecule has 0 amide bonds. The third-order valence-electron chi connectivity index (χ3n) is 7.17. The minimum atomic E-state index is 0.366. The second-order valence-corrected chi connectivity index (χ2v) is 8.47. The lowest BCUT2D eigenvalue weighted by molar-refractivity contribution is -0.0907. The Morgan fingerprint density at radius 1 is 1.00 bits per heavy atom. The molecule has 0 unspecified atom stereocenters. The topological polar surface area (TPSA) is 6.48 Å². The summed E-state index contributed by atoms with van der Waals surface area (Å²) < 4.78 is 0. The number of fused-ring (bicyclic) bond motifs is 6. The van der Waals surface area contributed by atoms with Crippen LogP contribution in [0.4, 0.5) is 0 Å². The monoisotopic (exact) mass is 292 g/mol. The van der Waals surface area contributed by atoms with E-state index in [1.165, 1.54) is 69.6 Å². The average Bonchev–Trinajstić information content (AvgIpc) is 2.44. The molecule has 0 aromatic rings. The van der Waals surface area contributed by atoms with Crippen molar-refractivity contribution in [3.8, 4) is 0 Å². The van der Waals surface area contributed by atoms with Crippen LogP contribution in [0.5, 0.6) is 0 Å². The Labute approximate surface area is 128 Å². The Balaban J connectivity index is 1.73. The van der Waals surface area contributed by atoms with Gasteiger partial charge in [-0.15, -0.1) is 0 Å². The molecule has 0 aromatic carbocycles. The predicted molar refractivity (Wildman–Crippen MR) is 87.0 cm³/mol. The quantitative estimate of drug-likeness (QED) is 0.631. The van der Waals surface area contributed by atoms with Crippen molar-refractivity contribution in [1.82, 2.24) is 9.80 Å². The van der Waals surface area contributed by atoms with Crippen molar-refractivity contribution >= 4 is 17.2 Å². The standard InChI is InChI=1S/C17H28N2S/c1-16-7-4-6-10-19(16)15(20)14-11-13(16)12-18-9-5-3-8-17(14,18)2/h13-14H,3-12H2,1-2H3/t13-,14-,16-,17+/m0/s1. The van der Waals surface area contributed by atoms with Crippen LogP contribution in [0.25, 0.3) is 0 Å². The molecule has 4 atom stereocenters. The predicted octanol–water partition coefficient (Wildman–Crippen LogP) is 3.45. The van der Waals surface area contributed by atoms with Crippen LogP contribution in [0.15, 0.2) is 0 Å². The van der Waals surface area contributed by atoms with Gasteiger partial charge in [0.1, 0.15) is 0 Å². The summed E-state index contributed by atoms with van der Waals surface area (Å²) in [5.41, 5.74) is 0.731. The van der Waals surface area contributed by atoms with E-state index in [-0.39, 0.29) is 0 Å². The fourth-order valence-corrected chi connectivity index (χ4v) is 6.36. The fourth-order valence-electron chi connectivity index (χ4n) is 5.71. The summed E-state index contributed by atoms with van der Waals surface area (Å²) in [7, 11) is 0. The second-order valence-electron chi connectivity index (χ2n) is 8.05. The molecule has 0 aromatic heterocycles. The smallest absolute Gasteiger partial charge is 0.0834 e. The van der Waals surface area contributed by atoms with Crippen molar-refractivity contribution in [3.05, 3.63) is 0 Å². The molecule has 2 bridgehead atoms. The van der Waals surface area contributed by atoms with E-state index in [0.717, 1.165) is 5.92 Å². The van der Waals surface area contributed by atoms with E-state index in [4.69, 9.17) is 12.2 Å². The average molecular weight is 292 g/mol. The number of rotatable bonds is 0. The van der Waals surface area contributed by atoms with Crippen molar-refractivity contribution < 1.29 is 0 Å². The Hall–Kier alpha value is -0.150. The van der Waals surface area contributed by atoms with Gasteiger partial charge in [0, 0.05) is 30.1 Å². The van der Waals surface area contributed by atoms with E-state index >= 15 is 0 Å². The highest BCUT2D eigenvalue weighted by atomic mass is 32.1. The first-order valence-electron chi connectivity index (χ1n) is 8.62. The van der Waals surface area contributed by atoms with Gasteiger partial charge in [-0.25, -0.2) is 0 Å². The van der Waals surface area contributed by atoms with Gasteiger partial charge in [-0.3, -0.25) is 4.90 Å². The largest absolute Gasteiger partial charge is 0.360 e. The van der Waals surface area contributed by atoms with Gasteiger partial charge in [-0.2, -0.15) is 0 Å². The third kappa shape index (κ3) is 1.62. The second kappa shape index (κ2) is 4.42. The number of hydrogen-bond acceptors (Lipinski definition) is 2. The van der Waals surface area contributed by atoms with E-state index in [1.54, 1.807) is 0 Å². The van der Waals surface area contributed by atoms with Crippen LogP contribution in [-0.4, -0.2) is 45.5 Å². The zero-order chi connectivity index (χ0) is 14.0. The van der Waals surface area contributed by atoms with Crippen molar-refractivity contribution in [1.29, 1.82) is 0 Å². The molecule has 4 aliphatic rings. The van der Waals surface area contributed by atoms with Crippen molar-refractivity contribution in [2.75, 3.05) is 19.6 Å². The molecule has 4 saturated heterocycles. The van der Waals surface area contributed by atoms with Crippen LogP contribution in [0.1, 0.15) is 58.8 Å². The molecule has 4 heterocycles. The maximum Gasteiger partial charge on any atom is 0.0834 e. The summed E-state index contributed by atoms with van der Waals surface area (Å²) >= 11 is 6.02. The Morgan fingerprint density at radius 3 is 2.50 bits per heavy atom. The van der Waals surface area contributed by atoms with Gasteiger partial charge in [0.15, 0.2) is 0 Å². The normalized spacial score (nSPS) is 48.7. The third-order valence-corrected chi connectivity index (χ3v) is 7.67. The van der Waals surface area contributed by atoms with Crippen molar-refractivity contribution in [3.63, 3.8) is 0 Å². The number of piperidine rings is 4. The fraction of sp³-hybridized carbons (Fsp3) is 0.941. The Bertz CT molecular complexity index is 433. The highest BCUT2D eigenvalue weighted by Gasteiger charge is 2.58. The lowest BCUT2D eigenvalue weighted by Gasteiger charge is -2.66. The zero-order valence-corrected chi connectivity index (χ0v) is 13.8. The Morgan fingerprint density at radius 2 is 1.70 bits per heavy atom. The summed E-state index contributed by atoms with van der Waals surface area (Å²) in [5, 5.41) is 0. The maximum atomic E-state index is 6.02. The van der Waals surface area contributed by atoms with Gasteiger partial charge in [-0.05, 0) is 64.8 Å². The van der Waals surface area contributed by atoms with Crippen LogP contribution in [0, 0.1) is 11.8 Å². The molecule has 0 radical (unpaired) electrons. The van der Waals surface area contributed by atoms with Crippen LogP contribution >= 0.6 is 12.2 Å². The molecule has 2 nitrogen and oxygen atoms in total. The first kappa shape index (κ1) is 13.5. The van der Waals surface area contributed by atoms with E-state index in [0.29, 0.717) is 17.0 Å². The van der Waals surface area contributed by atoms with Gasteiger partial charge >= 0.3 is 0 Å². The highest BCUT2D eigenvalue weighted by molar-refractivity contribution is 7.80. The van der Waals surface area contributed by atoms with Crippen LogP contribution in [0.2, 0.25) is 0 Å². The van der Waals surface area contributed by atoms with Crippen LogP contribution in [-0.2, 0) is 0 Å². The molecule has 4 fully saturated rings. The van der Waals surface area contributed by atoms with E-state index in [2.05, 4.69) is 23.6 Å². The summed E-state index contributed by atoms with van der Waals surface area (Å²) in [6, 6.07) is 0. The van der Waals surface area contributed by atoms with Crippen molar-refractivity contribution in [2.45, 2.75) is 69.9 Å². The van der Waals surface area contributed by atoms with Gasteiger partial charge < -0.3 is 4.90 Å². The molecule has 0 saturated carbocycles. The maximum absolute atomic E-state index is 6.02. The molecule has 0 N–H and O–H groups in total. The minimum Gasteiger partial charge on any atom is -0.360 e. The van der Waals surface area contributed by atoms with Gasteiger partial charge in [0.2, 0.25) is 0 Å². The van der Waals surface area contributed by atoms with E-state index < -0.39 is 0 Å².